The van der Waals surface area contributed by atoms with Crippen molar-refractivity contribution in [3.63, 3.8) is 0 Å². The second-order valence-electron chi connectivity index (χ2n) is 2.08. The highest BCUT2D eigenvalue weighted by atomic mass is 16.1. The molecule has 1 aromatic rings. The molecule has 0 unspecified atom stereocenters. The van der Waals surface area contributed by atoms with E-state index in [9.17, 15) is 4.79 Å². The highest BCUT2D eigenvalue weighted by Gasteiger charge is 1.95. The van der Waals surface area contributed by atoms with Crippen LogP contribution in [0.3, 0.4) is 0 Å². The van der Waals surface area contributed by atoms with Crippen molar-refractivity contribution in [1.29, 1.82) is 0 Å². The lowest BCUT2D eigenvalue weighted by Crippen LogP contribution is -2.32. The van der Waals surface area contributed by atoms with Crippen LogP contribution in [0.15, 0.2) is 17.3 Å². The van der Waals surface area contributed by atoms with Crippen LogP contribution in [0.2, 0.25) is 0 Å². The van der Waals surface area contributed by atoms with Crippen LogP contribution in [-0.2, 0) is 7.05 Å². The third kappa shape index (κ3) is 1.16. The molecule has 1 N–H and O–H groups in total. The second kappa shape index (κ2) is 2.01. The number of H-pyrrole nitrogens is 1. The minimum absolute atomic E-state index is 0.0203. The molecule has 0 bridgehead atoms. The first-order chi connectivity index (χ1) is 4.20. The highest BCUT2D eigenvalue weighted by molar-refractivity contribution is 4.94. The molecule has 0 aliphatic rings. The molecule has 1 heterocycles. The minimum atomic E-state index is -0.0203. The van der Waals surface area contributed by atoms with E-state index in [1.54, 1.807) is 24.0 Å². The minimum Gasteiger partial charge on any atom is -0.243 e. The summed E-state index contributed by atoms with van der Waals surface area (Å²) in [6.07, 6.45) is 3.40. The van der Waals surface area contributed by atoms with Crippen LogP contribution in [0.4, 0.5) is 0 Å². The lowest BCUT2D eigenvalue weighted by Gasteiger charge is -1.86. The Morgan fingerprint density at radius 3 is 2.78 bits per heavy atom. The molecule has 0 aliphatic heterocycles. The Kier molecular flexibility index (Phi) is 1.34. The Hall–Kier alpha value is -1.12. The summed E-state index contributed by atoms with van der Waals surface area (Å²) in [7, 11) is 1.86. The van der Waals surface area contributed by atoms with Crippen LogP contribution in [0.1, 0.15) is 5.56 Å². The predicted octanol–water partition coefficient (Wildman–Crippen LogP) is -0.492. The molecule has 1 aromatic heterocycles. The van der Waals surface area contributed by atoms with E-state index in [2.05, 4.69) is 4.98 Å². The van der Waals surface area contributed by atoms with E-state index >= 15 is 0 Å². The van der Waals surface area contributed by atoms with Crippen molar-refractivity contribution in [2.45, 2.75) is 6.92 Å². The SMILES string of the molecule is Cc1c[n+](C)c[nH]c1=O. The van der Waals surface area contributed by atoms with Gasteiger partial charge in [0.05, 0.1) is 12.6 Å². The largest absolute Gasteiger partial charge is 0.337 e. The molecule has 0 spiro atoms. The van der Waals surface area contributed by atoms with E-state index in [-0.39, 0.29) is 5.56 Å². The second-order valence-corrected chi connectivity index (χ2v) is 2.08. The van der Waals surface area contributed by atoms with Crippen LogP contribution in [0, 0.1) is 6.92 Å². The van der Waals surface area contributed by atoms with Gasteiger partial charge in [0.2, 0.25) is 6.33 Å². The lowest BCUT2D eigenvalue weighted by molar-refractivity contribution is -0.675. The highest BCUT2D eigenvalue weighted by Crippen LogP contribution is 1.74. The summed E-state index contributed by atoms with van der Waals surface area (Å²) in [5.74, 6) is 0. The van der Waals surface area contributed by atoms with Crippen molar-refractivity contribution in [3.8, 4) is 0 Å². The zero-order valence-electron chi connectivity index (χ0n) is 5.51. The van der Waals surface area contributed by atoms with Crippen molar-refractivity contribution >= 4 is 0 Å². The number of hydrogen-bond donors (Lipinski definition) is 1. The summed E-state index contributed by atoms with van der Waals surface area (Å²) >= 11 is 0. The van der Waals surface area contributed by atoms with Gasteiger partial charge in [0, 0.05) is 0 Å². The smallest absolute Gasteiger partial charge is 0.243 e. The maximum Gasteiger partial charge on any atom is 0.337 e. The number of nitrogens with zero attached hydrogens (tertiary/aromatic N) is 1. The molecule has 48 valence electrons. The van der Waals surface area contributed by atoms with E-state index < -0.39 is 0 Å². The van der Waals surface area contributed by atoms with Crippen molar-refractivity contribution in [2.75, 3.05) is 0 Å². The average Bonchev–Trinajstić information content (AvgIpc) is 1.80. The van der Waals surface area contributed by atoms with Gasteiger partial charge in [0.15, 0.2) is 0 Å². The number of aryl methyl sites for hydroxylation is 2. The Bertz CT molecular complexity index is 264. The molecule has 1 rings (SSSR count). The van der Waals surface area contributed by atoms with Gasteiger partial charge >= 0.3 is 5.56 Å². The van der Waals surface area contributed by atoms with Crippen molar-refractivity contribution in [1.82, 2.24) is 4.98 Å². The number of aromatic nitrogens is 2. The summed E-state index contributed by atoms with van der Waals surface area (Å²) in [5, 5.41) is 0. The van der Waals surface area contributed by atoms with Crippen LogP contribution in [-0.4, -0.2) is 4.98 Å². The van der Waals surface area contributed by atoms with Gasteiger partial charge < -0.3 is 0 Å². The lowest BCUT2D eigenvalue weighted by atomic mass is 10.4. The van der Waals surface area contributed by atoms with Crippen LogP contribution < -0.4 is 10.1 Å². The average molecular weight is 125 g/mol. The maximum atomic E-state index is 10.7. The quantitative estimate of drug-likeness (QED) is 0.467. The Morgan fingerprint density at radius 1 is 1.67 bits per heavy atom. The Labute approximate surface area is 53.0 Å². The summed E-state index contributed by atoms with van der Waals surface area (Å²) in [4.78, 5) is 13.3. The predicted molar refractivity (Wildman–Crippen MR) is 33.0 cm³/mol. The summed E-state index contributed by atoms with van der Waals surface area (Å²) in [6, 6.07) is 0. The molecular weight excluding hydrogens is 116 g/mol. The maximum absolute atomic E-state index is 10.7. The van der Waals surface area contributed by atoms with Gasteiger partial charge in [-0.2, -0.15) is 0 Å². The standard InChI is InChI=1S/C6H8N2O/c1-5-3-8(2)4-7-6(5)9/h3-4H,1-2H3/p+1. The van der Waals surface area contributed by atoms with Crippen LogP contribution >= 0.6 is 0 Å². The molecular formula is C6H9N2O+. The number of hydrogen-bond acceptors (Lipinski definition) is 1. The Morgan fingerprint density at radius 2 is 2.33 bits per heavy atom. The van der Waals surface area contributed by atoms with Gasteiger partial charge in [0.1, 0.15) is 6.20 Å². The summed E-state index contributed by atoms with van der Waals surface area (Å²) < 4.78 is 1.80. The molecule has 0 amide bonds. The summed E-state index contributed by atoms with van der Waals surface area (Å²) in [6.45, 7) is 1.78. The van der Waals surface area contributed by atoms with Gasteiger partial charge in [-0.3, -0.25) is 0 Å². The molecule has 0 aromatic carbocycles. The topological polar surface area (TPSA) is 36.7 Å². The van der Waals surface area contributed by atoms with Crippen molar-refractivity contribution in [2.24, 2.45) is 7.05 Å². The zero-order valence-corrected chi connectivity index (χ0v) is 5.51. The molecule has 3 heteroatoms. The van der Waals surface area contributed by atoms with Gasteiger partial charge in [-0.1, -0.05) is 0 Å². The molecule has 9 heavy (non-hydrogen) atoms. The summed E-state index contributed by atoms with van der Waals surface area (Å²) in [5.41, 5.74) is 0.716. The van der Waals surface area contributed by atoms with E-state index in [1.807, 2.05) is 7.05 Å². The number of aromatic amines is 1. The molecule has 0 radical (unpaired) electrons. The normalized spacial score (nSPS) is 9.56. The molecule has 0 atom stereocenters. The van der Waals surface area contributed by atoms with Gasteiger partial charge in [-0.25, -0.2) is 14.3 Å². The fourth-order valence-electron chi connectivity index (χ4n) is 0.676. The van der Waals surface area contributed by atoms with Crippen molar-refractivity contribution < 1.29 is 4.57 Å². The third-order valence-electron chi connectivity index (χ3n) is 1.15. The van der Waals surface area contributed by atoms with Crippen molar-refractivity contribution in [3.05, 3.63) is 28.4 Å². The fraction of sp³-hybridized carbons (Fsp3) is 0.333. The fourth-order valence-corrected chi connectivity index (χ4v) is 0.676. The molecule has 0 saturated carbocycles. The van der Waals surface area contributed by atoms with Gasteiger partial charge in [0.25, 0.3) is 0 Å². The first-order valence-electron chi connectivity index (χ1n) is 2.75. The first kappa shape index (κ1) is 6.01. The zero-order chi connectivity index (χ0) is 6.85. The Balaban J connectivity index is 3.34. The third-order valence-corrected chi connectivity index (χ3v) is 1.15. The molecule has 3 nitrogen and oxygen atoms in total. The van der Waals surface area contributed by atoms with Gasteiger partial charge in [-0.15, -0.1) is 0 Å². The van der Waals surface area contributed by atoms with E-state index in [0.717, 1.165) is 5.56 Å². The van der Waals surface area contributed by atoms with Gasteiger partial charge in [-0.05, 0) is 6.92 Å². The van der Waals surface area contributed by atoms with E-state index in [0.29, 0.717) is 0 Å². The number of rotatable bonds is 0. The molecule has 0 fully saturated rings. The number of nitrogens with one attached hydrogen (secondary N) is 1. The van der Waals surface area contributed by atoms with E-state index in [4.69, 9.17) is 0 Å². The van der Waals surface area contributed by atoms with Crippen LogP contribution in [0.5, 0.6) is 0 Å². The van der Waals surface area contributed by atoms with E-state index in [1.165, 1.54) is 0 Å². The molecule has 0 saturated heterocycles. The van der Waals surface area contributed by atoms with Crippen LogP contribution in [0.25, 0.3) is 0 Å². The monoisotopic (exact) mass is 125 g/mol. The first-order valence-corrected chi connectivity index (χ1v) is 2.75. The molecule has 0 aliphatic carbocycles.